The molecule has 0 aliphatic carbocycles. The number of rotatable bonds is 6. The number of benzene rings is 1. The van der Waals surface area contributed by atoms with E-state index in [1.807, 2.05) is 20.8 Å². The van der Waals surface area contributed by atoms with Gasteiger partial charge < -0.3 is 14.8 Å². The van der Waals surface area contributed by atoms with Crippen LogP contribution in [0, 0.1) is 5.92 Å². The molecule has 5 nitrogen and oxygen atoms in total. The summed E-state index contributed by atoms with van der Waals surface area (Å²) in [5.41, 5.74) is 0.0178. The van der Waals surface area contributed by atoms with Crippen LogP contribution in [0.1, 0.15) is 31.1 Å². The molecule has 1 aromatic carbocycles. The lowest BCUT2D eigenvalue weighted by molar-refractivity contribution is -0.274. The Bertz CT molecular complexity index is 541. The highest BCUT2D eigenvalue weighted by atomic mass is 19.4. The van der Waals surface area contributed by atoms with Crippen molar-refractivity contribution in [3.63, 3.8) is 0 Å². The molecule has 0 saturated carbocycles. The van der Waals surface area contributed by atoms with Gasteiger partial charge in [-0.25, -0.2) is 4.79 Å². The number of hydrogen-bond donors (Lipinski definition) is 1. The number of amides is 1. The molecule has 0 fully saturated rings. The predicted molar refractivity (Wildman–Crippen MR) is 75.9 cm³/mol. The maximum atomic E-state index is 12.0. The highest BCUT2D eigenvalue weighted by Crippen LogP contribution is 2.22. The highest BCUT2D eigenvalue weighted by molar-refractivity contribution is 5.91. The molecule has 1 rings (SSSR count). The third-order valence-corrected chi connectivity index (χ3v) is 3.05. The lowest BCUT2D eigenvalue weighted by Gasteiger charge is -2.17. The van der Waals surface area contributed by atoms with Crippen LogP contribution < -0.4 is 10.1 Å². The van der Waals surface area contributed by atoms with E-state index in [9.17, 15) is 22.8 Å². The van der Waals surface area contributed by atoms with Gasteiger partial charge in [-0.3, -0.25) is 4.79 Å². The summed E-state index contributed by atoms with van der Waals surface area (Å²) >= 11 is 0. The van der Waals surface area contributed by atoms with Gasteiger partial charge in [-0.15, -0.1) is 13.2 Å². The molecule has 0 aromatic heterocycles. The number of carbonyl (C=O) groups excluding carboxylic acids is 2. The Morgan fingerprint density at radius 3 is 2.17 bits per heavy atom. The van der Waals surface area contributed by atoms with E-state index in [1.54, 1.807) is 0 Å². The van der Waals surface area contributed by atoms with Gasteiger partial charge in [0.25, 0.3) is 5.91 Å². The minimum absolute atomic E-state index is 0.0178. The second-order valence-corrected chi connectivity index (χ2v) is 5.25. The van der Waals surface area contributed by atoms with E-state index in [0.717, 1.165) is 24.3 Å². The molecule has 0 heterocycles. The third-order valence-electron chi connectivity index (χ3n) is 3.05. The largest absolute Gasteiger partial charge is 0.573 e. The van der Waals surface area contributed by atoms with E-state index < -0.39 is 30.6 Å². The number of alkyl halides is 3. The smallest absolute Gasteiger partial charge is 0.452 e. The normalized spacial score (nSPS) is 12.7. The molecule has 0 aliphatic rings. The maximum Gasteiger partial charge on any atom is 0.573 e. The summed E-state index contributed by atoms with van der Waals surface area (Å²) in [5.74, 6) is -1.47. The van der Waals surface area contributed by atoms with Crippen molar-refractivity contribution in [2.75, 3.05) is 6.61 Å². The number of halogens is 3. The minimum Gasteiger partial charge on any atom is -0.452 e. The van der Waals surface area contributed by atoms with Gasteiger partial charge in [0.1, 0.15) is 5.75 Å². The first kappa shape index (κ1) is 18.8. The van der Waals surface area contributed by atoms with Crippen LogP contribution in [0.3, 0.4) is 0 Å². The summed E-state index contributed by atoms with van der Waals surface area (Å²) in [7, 11) is 0. The number of hydrogen-bond acceptors (Lipinski definition) is 4. The van der Waals surface area contributed by atoms with Crippen LogP contribution in [0.25, 0.3) is 0 Å². The molecule has 1 atom stereocenters. The van der Waals surface area contributed by atoms with Crippen molar-refractivity contribution in [2.24, 2.45) is 5.92 Å². The summed E-state index contributed by atoms with van der Waals surface area (Å²) in [6, 6.07) is 4.16. The topological polar surface area (TPSA) is 64.6 Å². The summed E-state index contributed by atoms with van der Waals surface area (Å²) in [4.78, 5) is 23.3. The van der Waals surface area contributed by atoms with Crippen molar-refractivity contribution < 1.29 is 32.2 Å². The van der Waals surface area contributed by atoms with Crippen LogP contribution in [-0.2, 0) is 9.53 Å². The van der Waals surface area contributed by atoms with Crippen LogP contribution in [0.5, 0.6) is 5.75 Å². The number of esters is 1. The standard InChI is InChI=1S/C15H18F3NO4/c1-9(2)10(3)19-13(20)8-22-14(21)11-4-6-12(7-5-11)23-15(16,17)18/h4-7,9-10H,8H2,1-3H3,(H,19,20)/t10-/m1/s1. The van der Waals surface area contributed by atoms with Crippen LogP contribution in [0.4, 0.5) is 13.2 Å². The molecule has 1 amide bonds. The van der Waals surface area contributed by atoms with Gasteiger partial charge in [0.15, 0.2) is 6.61 Å². The van der Waals surface area contributed by atoms with Crippen LogP contribution in [-0.4, -0.2) is 30.9 Å². The molecule has 0 saturated heterocycles. The fourth-order valence-electron chi connectivity index (χ4n) is 1.47. The first-order valence-electron chi connectivity index (χ1n) is 6.91. The Morgan fingerprint density at radius 2 is 1.70 bits per heavy atom. The van der Waals surface area contributed by atoms with Gasteiger partial charge in [-0.2, -0.15) is 0 Å². The van der Waals surface area contributed by atoms with Crippen molar-refractivity contribution in [2.45, 2.75) is 33.2 Å². The predicted octanol–water partition coefficient (Wildman–Crippen LogP) is 2.90. The molecule has 8 heteroatoms. The molecule has 0 unspecified atom stereocenters. The summed E-state index contributed by atoms with van der Waals surface area (Å²) in [6.45, 7) is 5.23. The van der Waals surface area contributed by atoms with Gasteiger partial charge >= 0.3 is 12.3 Å². The summed E-state index contributed by atoms with van der Waals surface area (Å²) < 4.78 is 44.5. The Balaban J connectivity index is 2.50. The van der Waals surface area contributed by atoms with Crippen LogP contribution >= 0.6 is 0 Å². The Morgan fingerprint density at radius 1 is 1.13 bits per heavy atom. The molecule has 23 heavy (non-hydrogen) atoms. The van der Waals surface area contributed by atoms with E-state index >= 15 is 0 Å². The summed E-state index contributed by atoms with van der Waals surface area (Å²) in [6.07, 6.45) is -4.80. The molecule has 128 valence electrons. The zero-order chi connectivity index (χ0) is 17.6. The van der Waals surface area contributed by atoms with E-state index in [2.05, 4.69) is 10.1 Å². The zero-order valence-electron chi connectivity index (χ0n) is 12.9. The maximum absolute atomic E-state index is 12.0. The number of ether oxygens (including phenoxy) is 2. The van der Waals surface area contributed by atoms with Crippen molar-refractivity contribution >= 4 is 11.9 Å². The Hall–Kier alpha value is -2.25. The molecule has 0 bridgehead atoms. The second-order valence-electron chi connectivity index (χ2n) is 5.25. The fourth-order valence-corrected chi connectivity index (χ4v) is 1.47. The van der Waals surface area contributed by atoms with E-state index in [-0.39, 0.29) is 17.5 Å². The molecule has 1 aromatic rings. The third kappa shape index (κ3) is 7.03. The minimum atomic E-state index is -4.80. The monoisotopic (exact) mass is 333 g/mol. The fraction of sp³-hybridized carbons (Fsp3) is 0.467. The van der Waals surface area contributed by atoms with Gasteiger partial charge in [-0.1, -0.05) is 13.8 Å². The molecule has 1 N–H and O–H groups in total. The number of carbonyl (C=O) groups is 2. The Labute approximate surface area is 131 Å². The van der Waals surface area contributed by atoms with E-state index in [4.69, 9.17) is 4.74 Å². The SMILES string of the molecule is CC(C)[C@@H](C)NC(=O)COC(=O)c1ccc(OC(F)(F)F)cc1. The van der Waals surface area contributed by atoms with Crippen molar-refractivity contribution in [1.82, 2.24) is 5.32 Å². The molecular formula is C15H18F3NO4. The average Bonchev–Trinajstić information content (AvgIpc) is 2.43. The van der Waals surface area contributed by atoms with Crippen LogP contribution in [0.15, 0.2) is 24.3 Å². The van der Waals surface area contributed by atoms with Crippen molar-refractivity contribution in [3.05, 3.63) is 29.8 Å². The quantitative estimate of drug-likeness (QED) is 0.813. The lowest BCUT2D eigenvalue weighted by Crippen LogP contribution is -2.38. The van der Waals surface area contributed by atoms with Crippen LogP contribution in [0.2, 0.25) is 0 Å². The van der Waals surface area contributed by atoms with Crippen molar-refractivity contribution in [3.8, 4) is 5.75 Å². The first-order chi connectivity index (χ1) is 10.6. The van der Waals surface area contributed by atoms with E-state index in [1.165, 1.54) is 0 Å². The molecule has 0 aliphatic heterocycles. The van der Waals surface area contributed by atoms with Crippen molar-refractivity contribution in [1.29, 1.82) is 0 Å². The summed E-state index contributed by atoms with van der Waals surface area (Å²) in [5, 5.41) is 2.66. The van der Waals surface area contributed by atoms with Gasteiger partial charge in [-0.05, 0) is 37.1 Å². The Kier molecular flexibility index (Phi) is 6.41. The molecule has 0 spiro atoms. The highest BCUT2D eigenvalue weighted by Gasteiger charge is 2.31. The molecular weight excluding hydrogens is 315 g/mol. The van der Waals surface area contributed by atoms with E-state index in [0.29, 0.717) is 0 Å². The first-order valence-corrected chi connectivity index (χ1v) is 6.91. The lowest BCUT2D eigenvalue weighted by atomic mass is 10.1. The number of nitrogens with one attached hydrogen (secondary N) is 1. The van der Waals surface area contributed by atoms with Gasteiger partial charge in [0, 0.05) is 6.04 Å². The van der Waals surface area contributed by atoms with Gasteiger partial charge in [0.2, 0.25) is 0 Å². The van der Waals surface area contributed by atoms with Gasteiger partial charge in [0.05, 0.1) is 5.56 Å². The zero-order valence-corrected chi connectivity index (χ0v) is 12.9. The second kappa shape index (κ2) is 7.85. The average molecular weight is 333 g/mol. The molecule has 0 radical (unpaired) electrons.